The molecule has 1 saturated heterocycles. The molecular formula is C10H21NO2. The van der Waals surface area contributed by atoms with Crippen LogP contribution in [-0.4, -0.2) is 37.0 Å². The van der Waals surface area contributed by atoms with Crippen LogP contribution in [0.25, 0.3) is 0 Å². The number of nitrogens with one attached hydrogen (secondary N) is 1. The van der Waals surface area contributed by atoms with Gasteiger partial charge in [-0.15, -0.1) is 0 Å². The molecule has 1 rings (SSSR count). The molecule has 13 heavy (non-hydrogen) atoms. The third-order valence-electron chi connectivity index (χ3n) is 3.03. The van der Waals surface area contributed by atoms with Crippen molar-refractivity contribution in [3.63, 3.8) is 0 Å². The number of likely N-dealkylation sites (N-methyl/N-ethyl adjacent to an activating group) is 1. The van der Waals surface area contributed by atoms with Crippen molar-refractivity contribution in [3.8, 4) is 0 Å². The van der Waals surface area contributed by atoms with Gasteiger partial charge in [-0.25, -0.2) is 0 Å². The summed E-state index contributed by atoms with van der Waals surface area (Å²) in [5, 5.41) is 13.2. The lowest BCUT2D eigenvalue weighted by atomic mass is 9.84. The lowest BCUT2D eigenvalue weighted by molar-refractivity contribution is -0.0408. The number of hydrogen-bond acceptors (Lipinski definition) is 3. The average Bonchev–Trinajstić information content (AvgIpc) is 2.18. The summed E-state index contributed by atoms with van der Waals surface area (Å²) in [6.45, 7) is 5.59. The number of aliphatic hydroxyl groups excluding tert-OH is 1. The molecule has 0 saturated carbocycles. The second-order valence-electron chi connectivity index (χ2n) is 4.39. The standard InChI is InChI=1S/C10H21NO2/c1-10(2,11-3)9(12)8-5-4-6-13-7-8/h8-9,11-12H,4-7H2,1-3H3. The Morgan fingerprint density at radius 1 is 1.54 bits per heavy atom. The van der Waals surface area contributed by atoms with Gasteiger partial charge in [-0.05, 0) is 33.7 Å². The molecule has 0 radical (unpaired) electrons. The molecule has 0 amide bonds. The molecule has 0 bridgehead atoms. The van der Waals surface area contributed by atoms with Crippen LogP contribution in [0.5, 0.6) is 0 Å². The fourth-order valence-electron chi connectivity index (χ4n) is 1.75. The van der Waals surface area contributed by atoms with E-state index in [0.717, 1.165) is 19.4 Å². The van der Waals surface area contributed by atoms with E-state index in [1.807, 2.05) is 20.9 Å². The predicted molar refractivity (Wildman–Crippen MR) is 52.7 cm³/mol. The Morgan fingerprint density at radius 2 is 2.23 bits per heavy atom. The fourth-order valence-corrected chi connectivity index (χ4v) is 1.75. The smallest absolute Gasteiger partial charge is 0.0766 e. The van der Waals surface area contributed by atoms with Crippen molar-refractivity contribution < 1.29 is 9.84 Å². The highest BCUT2D eigenvalue weighted by molar-refractivity contribution is 4.89. The van der Waals surface area contributed by atoms with Crippen LogP contribution in [0.4, 0.5) is 0 Å². The monoisotopic (exact) mass is 187 g/mol. The van der Waals surface area contributed by atoms with E-state index in [1.54, 1.807) is 0 Å². The Hall–Kier alpha value is -0.120. The molecule has 0 aromatic rings. The second kappa shape index (κ2) is 4.40. The SMILES string of the molecule is CNC(C)(C)C(O)C1CCCOC1. The van der Waals surface area contributed by atoms with Crippen LogP contribution in [0, 0.1) is 5.92 Å². The average molecular weight is 187 g/mol. The van der Waals surface area contributed by atoms with Gasteiger partial charge in [0.05, 0.1) is 12.7 Å². The van der Waals surface area contributed by atoms with Crippen LogP contribution in [0.3, 0.4) is 0 Å². The quantitative estimate of drug-likeness (QED) is 0.686. The minimum atomic E-state index is -0.321. The summed E-state index contributed by atoms with van der Waals surface area (Å²) in [5.41, 5.74) is -0.217. The molecule has 78 valence electrons. The van der Waals surface area contributed by atoms with Gasteiger partial charge in [0.2, 0.25) is 0 Å². The molecule has 0 spiro atoms. The zero-order chi connectivity index (χ0) is 9.90. The minimum absolute atomic E-state index is 0.217. The van der Waals surface area contributed by atoms with Crippen molar-refractivity contribution in [2.45, 2.75) is 38.3 Å². The summed E-state index contributed by atoms with van der Waals surface area (Å²) in [6, 6.07) is 0. The fraction of sp³-hybridized carbons (Fsp3) is 1.00. The third kappa shape index (κ3) is 2.66. The topological polar surface area (TPSA) is 41.5 Å². The molecule has 1 heterocycles. The number of aliphatic hydroxyl groups is 1. The van der Waals surface area contributed by atoms with Gasteiger partial charge in [-0.1, -0.05) is 0 Å². The van der Waals surface area contributed by atoms with Gasteiger partial charge in [-0.3, -0.25) is 0 Å². The molecular weight excluding hydrogens is 166 g/mol. The Kier molecular flexibility index (Phi) is 3.71. The Labute approximate surface area is 80.5 Å². The highest BCUT2D eigenvalue weighted by Gasteiger charge is 2.33. The Bertz CT molecular complexity index is 153. The van der Waals surface area contributed by atoms with Gasteiger partial charge in [0, 0.05) is 18.1 Å². The largest absolute Gasteiger partial charge is 0.391 e. The van der Waals surface area contributed by atoms with E-state index in [0.29, 0.717) is 6.61 Å². The second-order valence-corrected chi connectivity index (χ2v) is 4.39. The van der Waals surface area contributed by atoms with Gasteiger partial charge in [0.1, 0.15) is 0 Å². The first-order valence-electron chi connectivity index (χ1n) is 5.02. The maximum Gasteiger partial charge on any atom is 0.0766 e. The molecule has 1 fully saturated rings. The first-order valence-corrected chi connectivity index (χ1v) is 5.02. The summed E-state index contributed by atoms with van der Waals surface area (Å²) in [4.78, 5) is 0. The summed E-state index contributed by atoms with van der Waals surface area (Å²) in [5.74, 6) is 0.288. The first-order chi connectivity index (χ1) is 6.08. The molecule has 0 aliphatic carbocycles. The minimum Gasteiger partial charge on any atom is -0.391 e. The summed E-state index contributed by atoms with van der Waals surface area (Å²) in [6.07, 6.45) is 1.83. The van der Waals surface area contributed by atoms with E-state index in [9.17, 15) is 5.11 Å². The zero-order valence-electron chi connectivity index (χ0n) is 8.84. The highest BCUT2D eigenvalue weighted by Crippen LogP contribution is 2.24. The van der Waals surface area contributed by atoms with Crippen molar-refractivity contribution in [2.24, 2.45) is 5.92 Å². The van der Waals surface area contributed by atoms with E-state index in [-0.39, 0.29) is 17.6 Å². The lowest BCUT2D eigenvalue weighted by Gasteiger charge is -2.37. The molecule has 2 N–H and O–H groups in total. The van der Waals surface area contributed by atoms with Crippen LogP contribution in [0.2, 0.25) is 0 Å². The lowest BCUT2D eigenvalue weighted by Crippen LogP contribution is -2.52. The summed E-state index contributed by atoms with van der Waals surface area (Å²) in [7, 11) is 1.88. The zero-order valence-corrected chi connectivity index (χ0v) is 8.84. The van der Waals surface area contributed by atoms with Crippen LogP contribution in [0.1, 0.15) is 26.7 Å². The van der Waals surface area contributed by atoms with Crippen LogP contribution in [0.15, 0.2) is 0 Å². The summed E-state index contributed by atoms with van der Waals surface area (Å²) >= 11 is 0. The van der Waals surface area contributed by atoms with Gasteiger partial charge in [0.25, 0.3) is 0 Å². The van der Waals surface area contributed by atoms with Crippen LogP contribution in [-0.2, 0) is 4.74 Å². The van der Waals surface area contributed by atoms with E-state index >= 15 is 0 Å². The van der Waals surface area contributed by atoms with Crippen molar-refractivity contribution in [3.05, 3.63) is 0 Å². The van der Waals surface area contributed by atoms with E-state index < -0.39 is 0 Å². The van der Waals surface area contributed by atoms with Crippen molar-refractivity contribution >= 4 is 0 Å². The molecule has 0 aromatic heterocycles. The third-order valence-corrected chi connectivity index (χ3v) is 3.03. The van der Waals surface area contributed by atoms with Gasteiger partial charge in [0.15, 0.2) is 0 Å². The Balaban J connectivity index is 2.49. The highest BCUT2D eigenvalue weighted by atomic mass is 16.5. The van der Waals surface area contributed by atoms with E-state index in [4.69, 9.17) is 4.74 Å². The molecule has 2 atom stereocenters. The van der Waals surface area contributed by atoms with E-state index in [2.05, 4.69) is 5.32 Å². The Morgan fingerprint density at radius 3 is 2.69 bits per heavy atom. The van der Waals surface area contributed by atoms with Gasteiger partial charge < -0.3 is 15.2 Å². The maximum absolute atomic E-state index is 10.1. The van der Waals surface area contributed by atoms with Crippen molar-refractivity contribution in [1.29, 1.82) is 0 Å². The number of rotatable bonds is 3. The van der Waals surface area contributed by atoms with Crippen molar-refractivity contribution in [1.82, 2.24) is 5.32 Å². The molecule has 2 unspecified atom stereocenters. The summed E-state index contributed by atoms with van der Waals surface area (Å²) < 4.78 is 5.36. The molecule has 0 aromatic carbocycles. The maximum atomic E-state index is 10.1. The predicted octanol–water partition coefficient (Wildman–Crippen LogP) is 0.772. The van der Waals surface area contributed by atoms with Crippen LogP contribution >= 0.6 is 0 Å². The van der Waals surface area contributed by atoms with Crippen molar-refractivity contribution in [2.75, 3.05) is 20.3 Å². The number of hydrogen-bond donors (Lipinski definition) is 2. The molecule has 3 heteroatoms. The van der Waals surface area contributed by atoms with Gasteiger partial charge >= 0.3 is 0 Å². The van der Waals surface area contributed by atoms with E-state index in [1.165, 1.54) is 0 Å². The molecule has 1 aliphatic heterocycles. The molecule has 1 aliphatic rings. The normalized spacial score (nSPS) is 27.2. The first kappa shape index (κ1) is 11.0. The van der Waals surface area contributed by atoms with Gasteiger partial charge in [-0.2, -0.15) is 0 Å². The number of ether oxygens (including phenoxy) is 1. The van der Waals surface area contributed by atoms with Crippen LogP contribution < -0.4 is 5.32 Å². The molecule has 3 nitrogen and oxygen atoms in total.